The van der Waals surface area contributed by atoms with E-state index in [9.17, 15) is 0 Å². The molecule has 82 valence electrons. The average Bonchev–Trinajstić information content (AvgIpc) is 2.85. The third kappa shape index (κ3) is 1.37. The molecule has 1 aliphatic heterocycles. The molecule has 1 N–H and O–H groups in total. The van der Waals surface area contributed by atoms with E-state index in [1.54, 1.807) is 4.88 Å². The van der Waals surface area contributed by atoms with E-state index in [-0.39, 0.29) is 6.10 Å². The Morgan fingerprint density at radius 3 is 3.07 bits per heavy atom. The van der Waals surface area contributed by atoms with Gasteiger partial charge in [-0.15, -0.1) is 11.3 Å². The van der Waals surface area contributed by atoms with Crippen molar-refractivity contribution in [2.24, 2.45) is 0 Å². The third-order valence-electron chi connectivity index (χ3n) is 3.79. The minimum Gasteiger partial charge on any atom is -0.371 e. The van der Waals surface area contributed by atoms with Gasteiger partial charge in [0.2, 0.25) is 0 Å². The number of hydrogen-bond donors (Lipinski definition) is 1. The molecule has 0 radical (unpaired) electrons. The van der Waals surface area contributed by atoms with Crippen LogP contribution in [0.25, 0.3) is 0 Å². The molecule has 2 aliphatic rings. The van der Waals surface area contributed by atoms with Crippen LogP contribution in [0, 0.1) is 0 Å². The van der Waals surface area contributed by atoms with Crippen LogP contribution in [-0.4, -0.2) is 19.7 Å². The van der Waals surface area contributed by atoms with Crippen LogP contribution in [0.5, 0.6) is 0 Å². The molecule has 2 atom stereocenters. The smallest absolute Gasteiger partial charge is 0.0986 e. The molecule has 3 rings (SSSR count). The Hall–Kier alpha value is -0.380. The molecule has 0 amide bonds. The largest absolute Gasteiger partial charge is 0.371 e. The van der Waals surface area contributed by atoms with Crippen molar-refractivity contribution < 1.29 is 4.74 Å². The van der Waals surface area contributed by atoms with Gasteiger partial charge in [-0.1, -0.05) is 0 Å². The minimum atomic E-state index is 0.252. The summed E-state index contributed by atoms with van der Waals surface area (Å²) >= 11 is 1.92. The Balaban J connectivity index is 1.97. The number of hydrogen-bond acceptors (Lipinski definition) is 3. The molecule has 2 nitrogen and oxygen atoms in total. The Morgan fingerprint density at radius 1 is 1.60 bits per heavy atom. The van der Waals surface area contributed by atoms with Gasteiger partial charge in [-0.05, 0) is 43.8 Å². The van der Waals surface area contributed by atoms with Crippen LogP contribution in [0.1, 0.15) is 36.3 Å². The van der Waals surface area contributed by atoms with Crippen molar-refractivity contribution >= 4 is 11.3 Å². The van der Waals surface area contributed by atoms with Gasteiger partial charge in [-0.2, -0.15) is 0 Å². The molecule has 1 fully saturated rings. The molecular weight excluding hydrogens is 206 g/mol. The fraction of sp³-hybridized carbons (Fsp3) is 0.667. The zero-order valence-corrected chi connectivity index (χ0v) is 10.1. The lowest BCUT2D eigenvalue weighted by Crippen LogP contribution is -2.36. The van der Waals surface area contributed by atoms with Crippen LogP contribution in [0.3, 0.4) is 0 Å². The Labute approximate surface area is 94.6 Å². The highest BCUT2D eigenvalue weighted by Crippen LogP contribution is 2.56. The summed E-state index contributed by atoms with van der Waals surface area (Å²) in [5, 5.41) is 5.51. The maximum absolute atomic E-state index is 6.04. The Bertz CT molecular complexity index is 369. The summed E-state index contributed by atoms with van der Waals surface area (Å²) in [6.45, 7) is 3.12. The van der Waals surface area contributed by atoms with Crippen molar-refractivity contribution in [2.45, 2.75) is 37.3 Å². The molecule has 2 heterocycles. The van der Waals surface area contributed by atoms with Gasteiger partial charge >= 0.3 is 0 Å². The summed E-state index contributed by atoms with van der Waals surface area (Å²) in [6.07, 6.45) is 2.89. The number of nitrogens with one attached hydrogen (secondary N) is 1. The van der Waals surface area contributed by atoms with Crippen LogP contribution in [-0.2, 0) is 10.2 Å². The van der Waals surface area contributed by atoms with Gasteiger partial charge in [0.05, 0.1) is 12.7 Å². The van der Waals surface area contributed by atoms with E-state index < -0.39 is 0 Å². The third-order valence-corrected chi connectivity index (χ3v) is 4.96. The maximum atomic E-state index is 6.04. The average molecular weight is 223 g/mol. The molecule has 1 spiro atoms. The van der Waals surface area contributed by atoms with Crippen LogP contribution in [0.15, 0.2) is 11.4 Å². The van der Waals surface area contributed by atoms with E-state index in [4.69, 9.17) is 4.74 Å². The van der Waals surface area contributed by atoms with Gasteiger partial charge in [-0.3, -0.25) is 0 Å². The molecule has 0 saturated heterocycles. The van der Waals surface area contributed by atoms with Gasteiger partial charge in [0.15, 0.2) is 0 Å². The topological polar surface area (TPSA) is 21.3 Å². The van der Waals surface area contributed by atoms with E-state index in [0.717, 1.165) is 6.61 Å². The molecule has 0 bridgehead atoms. The number of ether oxygens (including phenoxy) is 1. The molecular formula is C12H17NOS. The SMILES string of the molecule is CNC(C)C1OCC2(CC2)c2sccc21. The highest BCUT2D eigenvalue weighted by molar-refractivity contribution is 7.10. The van der Waals surface area contributed by atoms with E-state index in [1.165, 1.54) is 18.4 Å². The summed E-state index contributed by atoms with van der Waals surface area (Å²) < 4.78 is 6.04. The van der Waals surface area contributed by atoms with E-state index in [2.05, 4.69) is 23.7 Å². The summed E-state index contributed by atoms with van der Waals surface area (Å²) in [5.41, 5.74) is 1.86. The quantitative estimate of drug-likeness (QED) is 0.831. The minimum absolute atomic E-state index is 0.252. The van der Waals surface area contributed by atoms with Crippen LogP contribution in [0.4, 0.5) is 0 Å². The zero-order valence-electron chi connectivity index (χ0n) is 9.25. The van der Waals surface area contributed by atoms with Crippen molar-refractivity contribution in [3.63, 3.8) is 0 Å². The lowest BCUT2D eigenvalue weighted by molar-refractivity contribution is 0.00450. The van der Waals surface area contributed by atoms with Crippen molar-refractivity contribution in [3.8, 4) is 0 Å². The Kier molecular flexibility index (Phi) is 2.16. The monoisotopic (exact) mass is 223 g/mol. The highest BCUT2D eigenvalue weighted by Gasteiger charge is 2.51. The molecule has 1 aromatic rings. The summed E-state index contributed by atoms with van der Waals surface area (Å²) in [6, 6.07) is 2.65. The van der Waals surface area contributed by atoms with Crippen LogP contribution in [0.2, 0.25) is 0 Å². The first-order valence-electron chi connectivity index (χ1n) is 5.63. The molecule has 1 aliphatic carbocycles. The normalized spacial score (nSPS) is 28.8. The summed E-state index contributed by atoms with van der Waals surface area (Å²) in [5.74, 6) is 0. The van der Waals surface area contributed by atoms with Gasteiger partial charge in [0, 0.05) is 16.3 Å². The van der Waals surface area contributed by atoms with Crippen molar-refractivity contribution in [3.05, 3.63) is 21.9 Å². The first kappa shape index (κ1) is 9.82. The van der Waals surface area contributed by atoms with Crippen LogP contribution >= 0.6 is 11.3 Å². The van der Waals surface area contributed by atoms with E-state index >= 15 is 0 Å². The van der Waals surface area contributed by atoms with Crippen molar-refractivity contribution in [2.75, 3.05) is 13.7 Å². The number of rotatable bonds is 2. The predicted molar refractivity (Wildman–Crippen MR) is 62.4 cm³/mol. The van der Waals surface area contributed by atoms with Crippen molar-refractivity contribution in [1.82, 2.24) is 5.32 Å². The highest BCUT2D eigenvalue weighted by atomic mass is 32.1. The fourth-order valence-corrected chi connectivity index (χ4v) is 3.65. The van der Waals surface area contributed by atoms with Gasteiger partial charge in [0.25, 0.3) is 0 Å². The van der Waals surface area contributed by atoms with E-state index in [1.807, 2.05) is 18.4 Å². The first-order valence-corrected chi connectivity index (χ1v) is 6.51. The number of likely N-dealkylation sites (N-methyl/N-ethyl adjacent to an activating group) is 1. The number of fused-ring (bicyclic) bond motifs is 2. The maximum Gasteiger partial charge on any atom is 0.0986 e. The fourth-order valence-electron chi connectivity index (χ4n) is 2.47. The standard InChI is InChI=1S/C12H17NOS/c1-8(13-2)10-9-3-6-15-11(9)12(4-5-12)7-14-10/h3,6,8,10,13H,4-5,7H2,1-2H3. The number of thiophene rings is 1. The van der Waals surface area contributed by atoms with Gasteiger partial charge in [-0.25, -0.2) is 0 Å². The van der Waals surface area contributed by atoms with Gasteiger partial charge < -0.3 is 10.1 Å². The zero-order chi connectivity index (χ0) is 10.5. The second kappa shape index (κ2) is 3.30. The lowest BCUT2D eigenvalue weighted by atomic mass is 9.93. The first-order chi connectivity index (χ1) is 7.27. The molecule has 15 heavy (non-hydrogen) atoms. The Morgan fingerprint density at radius 2 is 2.40 bits per heavy atom. The molecule has 1 saturated carbocycles. The predicted octanol–water partition coefficient (Wildman–Crippen LogP) is 2.46. The summed E-state index contributed by atoms with van der Waals surface area (Å²) in [7, 11) is 2.00. The van der Waals surface area contributed by atoms with E-state index in [0.29, 0.717) is 11.5 Å². The van der Waals surface area contributed by atoms with Crippen LogP contribution < -0.4 is 5.32 Å². The lowest BCUT2D eigenvalue weighted by Gasteiger charge is -2.32. The van der Waals surface area contributed by atoms with Gasteiger partial charge in [0.1, 0.15) is 0 Å². The molecule has 1 aromatic heterocycles. The second-order valence-electron chi connectivity index (χ2n) is 4.79. The molecule has 2 unspecified atom stereocenters. The molecule has 3 heteroatoms. The molecule has 0 aromatic carbocycles. The second-order valence-corrected chi connectivity index (χ2v) is 5.71. The van der Waals surface area contributed by atoms with Crippen molar-refractivity contribution in [1.29, 1.82) is 0 Å². The summed E-state index contributed by atoms with van der Waals surface area (Å²) in [4.78, 5) is 1.60.